The van der Waals surface area contributed by atoms with E-state index in [9.17, 15) is 4.79 Å². The van der Waals surface area contributed by atoms with E-state index >= 15 is 0 Å². The normalized spacial score (nSPS) is 37.7. The highest BCUT2D eigenvalue weighted by Gasteiger charge is 2.49. The molecule has 0 bridgehead atoms. The third-order valence-corrected chi connectivity index (χ3v) is 3.52. The molecule has 2 fully saturated rings. The van der Waals surface area contributed by atoms with Crippen molar-refractivity contribution in [3.05, 3.63) is 11.8 Å². The van der Waals surface area contributed by atoms with Crippen molar-refractivity contribution in [1.29, 1.82) is 0 Å². The van der Waals surface area contributed by atoms with Crippen LogP contribution in [0.4, 0.5) is 0 Å². The maximum atomic E-state index is 11.9. The van der Waals surface area contributed by atoms with Crippen molar-refractivity contribution in [3.8, 4) is 0 Å². The number of hydrogen-bond donors (Lipinski definition) is 1. The molecule has 1 heterocycles. The van der Waals surface area contributed by atoms with E-state index < -0.39 is 5.41 Å². The number of rotatable bonds is 0. The van der Waals surface area contributed by atoms with Crippen LogP contribution in [-0.2, 0) is 9.53 Å². The molecule has 1 unspecified atom stereocenters. The summed E-state index contributed by atoms with van der Waals surface area (Å²) in [7, 11) is 0. The average molecular weight is 210 g/mol. The van der Waals surface area contributed by atoms with Gasteiger partial charge in [0.05, 0.1) is 11.9 Å². The Balaban J connectivity index is 2.30. The first kappa shape index (κ1) is 10.7. The summed E-state index contributed by atoms with van der Waals surface area (Å²) in [6.45, 7) is 4.64. The van der Waals surface area contributed by atoms with Crippen LogP contribution in [0.3, 0.4) is 0 Å². The quantitative estimate of drug-likeness (QED) is 0.493. The molecule has 0 aromatic heterocycles. The van der Waals surface area contributed by atoms with Crippen LogP contribution in [-0.4, -0.2) is 23.1 Å². The summed E-state index contributed by atoms with van der Waals surface area (Å²) < 4.78 is 5.79. The van der Waals surface area contributed by atoms with Crippen LogP contribution in [0.1, 0.15) is 39.5 Å². The molecule has 0 aromatic rings. The molecule has 84 valence electrons. The molecule has 1 aliphatic heterocycles. The van der Waals surface area contributed by atoms with E-state index in [0.717, 1.165) is 32.1 Å². The molecule has 15 heavy (non-hydrogen) atoms. The Kier molecular flexibility index (Phi) is 2.38. The molecule has 1 atom stereocenters. The minimum atomic E-state index is -0.406. The summed E-state index contributed by atoms with van der Waals surface area (Å²) in [5.41, 5.74) is -0.0727. The van der Waals surface area contributed by atoms with Crippen LogP contribution in [0.2, 0.25) is 0 Å². The summed E-state index contributed by atoms with van der Waals surface area (Å²) in [6.07, 6.45) is 4.37. The molecule has 2 rings (SSSR count). The van der Waals surface area contributed by atoms with E-state index in [-0.39, 0.29) is 11.4 Å². The Morgan fingerprint density at radius 2 is 2.20 bits per heavy atom. The van der Waals surface area contributed by atoms with Crippen LogP contribution in [0.5, 0.6) is 0 Å². The Morgan fingerprint density at radius 3 is 2.73 bits per heavy atom. The molecule has 1 spiro atoms. The molecule has 1 aliphatic carbocycles. The first-order valence-corrected chi connectivity index (χ1v) is 5.51. The van der Waals surface area contributed by atoms with Gasteiger partial charge in [-0.15, -0.1) is 0 Å². The van der Waals surface area contributed by atoms with E-state index in [4.69, 9.17) is 9.84 Å². The average Bonchev–Trinajstić information content (AvgIpc) is 2.59. The van der Waals surface area contributed by atoms with Crippen molar-refractivity contribution in [3.63, 3.8) is 0 Å². The molecular formula is C12H18O3. The topological polar surface area (TPSA) is 46.5 Å². The largest absolute Gasteiger partial charge is 0.515 e. The smallest absolute Gasteiger partial charge is 0.167 e. The molecule has 3 nitrogen and oxygen atoms in total. The lowest BCUT2D eigenvalue weighted by molar-refractivity contribution is -0.133. The summed E-state index contributed by atoms with van der Waals surface area (Å²) >= 11 is 0. The van der Waals surface area contributed by atoms with Crippen molar-refractivity contribution in [2.45, 2.75) is 45.1 Å². The molecule has 2 aliphatic rings. The number of carbonyl (C=O) groups is 1. The zero-order valence-electron chi connectivity index (χ0n) is 9.38. The number of Topliss-reactive ketones (excluding diaryl/α,β-unsaturated/α-hetero) is 1. The Labute approximate surface area is 90.1 Å². The highest BCUT2D eigenvalue weighted by Crippen LogP contribution is 2.47. The van der Waals surface area contributed by atoms with Gasteiger partial charge in [0, 0.05) is 24.0 Å². The number of ketones is 1. The van der Waals surface area contributed by atoms with Gasteiger partial charge in [0.25, 0.3) is 0 Å². The second kappa shape index (κ2) is 3.34. The number of aliphatic hydroxyl groups excluding tert-OH is 1. The molecule has 0 aromatic carbocycles. The van der Waals surface area contributed by atoms with Crippen LogP contribution in [0, 0.1) is 5.41 Å². The fourth-order valence-corrected chi connectivity index (χ4v) is 2.95. The van der Waals surface area contributed by atoms with Gasteiger partial charge in [0.15, 0.2) is 5.78 Å². The van der Waals surface area contributed by atoms with Crippen molar-refractivity contribution < 1.29 is 14.6 Å². The fraction of sp³-hybridized carbons (Fsp3) is 0.750. The summed E-state index contributed by atoms with van der Waals surface area (Å²) in [6, 6.07) is 0. The van der Waals surface area contributed by atoms with Gasteiger partial charge in [-0.1, -0.05) is 13.8 Å². The molecule has 1 N–H and O–H groups in total. The molecule has 1 saturated heterocycles. The van der Waals surface area contributed by atoms with Crippen LogP contribution in [0.25, 0.3) is 0 Å². The van der Waals surface area contributed by atoms with E-state index in [2.05, 4.69) is 0 Å². The summed E-state index contributed by atoms with van der Waals surface area (Å²) in [4.78, 5) is 11.9. The monoisotopic (exact) mass is 210 g/mol. The van der Waals surface area contributed by atoms with Crippen LogP contribution in [0.15, 0.2) is 11.8 Å². The van der Waals surface area contributed by atoms with Gasteiger partial charge in [-0.2, -0.15) is 0 Å². The van der Waals surface area contributed by atoms with Gasteiger partial charge in [0.2, 0.25) is 0 Å². The standard InChI is InChI=1S/C12H18O3/c1-11(2)8-12(4-3-5-15-12)6-9(7-13)10(11)14/h7,13H,3-6,8H2,1-2H3/b9-7-. The van der Waals surface area contributed by atoms with E-state index in [1.807, 2.05) is 13.8 Å². The van der Waals surface area contributed by atoms with Crippen LogP contribution >= 0.6 is 0 Å². The molecule has 0 radical (unpaired) electrons. The maximum absolute atomic E-state index is 11.9. The number of carbonyl (C=O) groups excluding carboxylic acids is 1. The molecule has 0 amide bonds. The lowest BCUT2D eigenvalue weighted by Gasteiger charge is -2.41. The van der Waals surface area contributed by atoms with Crippen LogP contribution < -0.4 is 0 Å². The third-order valence-electron chi connectivity index (χ3n) is 3.52. The fourth-order valence-electron chi connectivity index (χ4n) is 2.95. The van der Waals surface area contributed by atoms with Crippen molar-refractivity contribution in [2.24, 2.45) is 5.41 Å². The highest BCUT2D eigenvalue weighted by atomic mass is 16.5. The van der Waals surface area contributed by atoms with E-state index in [0.29, 0.717) is 12.0 Å². The van der Waals surface area contributed by atoms with Crippen molar-refractivity contribution in [2.75, 3.05) is 6.61 Å². The number of aliphatic hydroxyl groups is 1. The predicted molar refractivity (Wildman–Crippen MR) is 56.7 cm³/mol. The van der Waals surface area contributed by atoms with E-state index in [1.54, 1.807) is 0 Å². The molecule has 3 heteroatoms. The maximum Gasteiger partial charge on any atom is 0.167 e. The van der Waals surface area contributed by atoms with E-state index in [1.165, 1.54) is 0 Å². The van der Waals surface area contributed by atoms with Gasteiger partial charge >= 0.3 is 0 Å². The second-order valence-corrected chi connectivity index (χ2v) is 5.36. The summed E-state index contributed by atoms with van der Waals surface area (Å²) in [5.74, 6) is 0.0612. The Bertz CT molecular complexity index is 309. The minimum absolute atomic E-state index is 0.0612. The lowest BCUT2D eigenvalue weighted by atomic mass is 9.66. The highest BCUT2D eigenvalue weighted by molar-refractivity contribution is 6.00. The molecular weight excluding hydrogens is 192 g/mol. The lowest BCUT2D eigenvalue weighted by Crippen LogP contribution is -2.45. The Morgan fingerprint density at radius 1 is 1.47 bits per heavy atom. The van der Waals surface area contributed by atoms with Crippen molar-refractivity contribution >= 4 is 5.78 Å². The predicted octanol–water partition coefficient (Wildman–Crippen LogP) is 2.37. The van der Waals surface area contributed by atoms with Gasteiger partial charge in [-0.05, 0) is 19.3 Å². The zero-order valence-corrected chi connectivity index (χ0v) is 9.38. The van der Waals surface area contributed by atoms with Gasteiger partial charge in [-0.25, -0.2) is 0 Å². The Hall–Kier alpha value is -0.830. The number of ether oxygens (including phenoxy) is 1. The second-order valence-electron chi connectivity index (χ2n) is 5.36. The molecule has 1 saturated carbocycles. The van der Waals surface area contributed by atoms with Crippen molar-refractivity contribution in [1.82, 2.24) is 0 Å². The SMILES string of the molecule is CC1(C)CC2(CCCO2)C/C(=C/O)C1=O. The van der Waals surface area contributed by atoms with Gasteiger partial charge in [-0.3, -0.25) is 4.79 Å². The first-order valence-electron chi connectivity index (χ1n) is 5.51. The minimum Gasteiger partial charge on any atom is -0.515 e. The zero-order chi connectivity index (χ0) is 11.1. The first-order chi connectivity index (χ1) is 6.99. The number of hydrogen-bond acceptors (Lipinski definition) is 3. The summed E-state index contributed by atoms with van der Waals surface area (Å²) in [5, 5.41) is 9.10. The van der Waals surface area contributed by atoms with Gasteiger partial charge < -0.3 is 9.84 Å². The third kappa shape index (κ3) is 1.69. The van der Waals surface area contributed by atoms with Gasteiger partial charge in [0.1, 0.15) is 0 Å².